The van der Waals surface area contributed by atoms with E-state index in [1.165, 1.54) is 6.42 Å². The summed E-state index contributed by atoms with van der Waals surface area (Å²) < 4.78 is 0. The van der Waals surface area contributed by atoms with Gasteiger partial charge in [0.1, 0.15) is 0 Å². The zero-order valence-electron chi connectivity index (χ0n) is 9.12. The largest absolute Gasteiger partial charge is 0.391 e. The van der Waals surface area contributed by atoms with Crippen LogP contribution >= 0.6 is 0 Å². The van der Waals surface area contributed by atoms with Gasteiger partial charge in [0, 0.05) is 12.5 Å². The second-order valence-corrected chi connectivity index (χ2v) is 4.66. The Hall–Kier alpha value is -0.570. The molecule has 1 fully saturated rings. The smallest absolute Gasteiger partial charge is 0.223 e. The highest BCUT2D eigenvalue weighted by Crippen LogP contribution is 2.26. The van der Waals surface area contributed by atoms with Crippen molar-refractivity contribution in [2.75, 3.05) is 6.54 Å². The monoisotopic (exact) mass is 199 g/mol. The van der Waals surface area contributed by atoms with Crippen molar-refractivity contribution in [3.63, 3.8) is 0 Å². The normalized spacial score (nSPS) is 19.1. The number of aliphatic hydroxyl groups is 1. The first-order valence-electron chi connectivity index (χ1n) is 5.55. The lowest BCUT2D eigenvalue weighted by Crippen LogP contribution is -2.39. The van der Waals surface area contributed by atoms with Gasteiger partial charge >= 0.3 is 0 Å². The van der Waals surface area contributed by atoms with E-state index in [9.17, 15) is 9.90 Å². The topological polar surface area (TPSA) is 49.3 Å². The summed E-state index contributed by atoms with van der Waals surface area (Å²) in [4.78, 5) is 11.4. The lowest BCUT2D eigenvalue weighted by atomic mass is 9.85. The molecule has 0 aromatic rings. The maximum Gasteiger partial charge on any atom is 0.223 e. The third-order valence-electron chi connectivity index (χ3n) is 2.73. The fourth-order valence-electron chi connectivity index (χ4n) is 1.66. The van der Waals surface area contributed by atoms with Gasteiger partial charge in [-0.25, -0.2) is 0 Å². The summed E-state index contributed by atoms with van der Waals surface area (Å²) in [5.74, 6) is 0.825. The first-order chi connectivity index (χ1) is 6.59. The van der Waals surface area contributed by atoms with Crippen molar-refractivity contribution in [3.05, 3.63) is 0 Å². The van der Waals surface area contributed by atoms with E-state index < -0.39 is 0 Å². The van der Waals surface area contributed by atoms with Gasteiger partial charge in [-0.15, -0.1) is 0 Å². The number of hydrogen-bond acceptors (Lipinski definition) is 2. The summed E-state index contributed by atoms with van der Waals surface area (Å²) in [7, 11) is 0. The lowest BCUT2D eigenvalue weighted by molar-refractivity contribution is -0.127. The van der Waals surface area contributed by atoms with Crippen molar-refractivity contribution >= 4 is 5.91 Å². The molecule has 3 heteroatoms. The molecule has 0 bridgehead atoms. The Morgan fingerprint density at radius 1 is 1.50 bits per heavy atom. The third kappa shape index (κ3) is 3.66. The molecule has 0 heterocycles. The van der Waals surface area contributed by atoms with Crippen LogP contribution in [0.4, 0.5) is 0 Å². The highest BCUT2D eigenvalue weighted by atomic mass is 16.3. The molecule has 82 valence electrons. The van der Waals surface area contributed by atoms with Gasteiger partial charge in [0.2, 0.25) is 5.91 Å². The van der Waals surface area contributed by atoms with Gasteiger partial charge in [-0.1, -0.05) is 20.3 Å². The molecule has 0 aromatic carbocycles. The molecule has 1 saturated carbocycles. The van der Waals surface area contributed by atoms with Gasteiger partial charge < -0.3 is 10.4 Å². The molecule has 1 rings (SSSR count). The number of aliphatic hydroxyl groups excluding tert-OH is 1. The Morgan fingerprint density at radius 3 is 2.57 bits per heavy atom. The molecule has 3 nitrogen and oxygen atoms in total. The summed E-state index contributed by atoms with van der Waals surface area (Å²) in [6.07, 6.45) is 3.58. The summed E-state index contributed by atoms with van der Waals surface area (Å²) in [5.41, 5.74) is 0. The quantitative estimate of drug-likeness (QED) is 0.701. The van der Waals surface area contributed by atoms with E-state index in [4.69, 9.17) is 0 Å². The van der Waals surface area contributed by atoms with E-state index in [0.29, 0.717) is 12.5 Å². The third-order valence-corrected chi connectivity index (χ3v) is 2.73. The second-order valence-electron chi connectivity index (χ2n) is 4.66. The van der Waals surface area contributed by atoms with E-state index >= 15 is 0 Å². The fraction of sp³-hybridized carbons (Fsp3) is 0.909. The van der Waals surface area contributed by atoms with Gasteiger partial charge in [0.15, 0.2) is 0 Å². The number of rotatable bonds is 5. The highest BCUT2D eigenvalue weighted by molar-refractivity contribution is 5.79. The molecule has 2 N–H and O–H groups in total. The SMILES string of the molecule is CC(C)CC(O)CNC(=O)C1CCC1. The van der Waals surface area contributed by atoms with Gasteiger partial charge in [0.25, 0.3) is 0 Å². The average molecular weight is 199 g/mol. The van der Waals surface area contributed by atoms with E-state index in [2.05, 4.69) is 19.2 Å². The van der Waals surface area contributed by atoms with Crippen molar-refractivity contribution < 1.29 is 9.90 Å². The maximum atomic E-state index is 11.4. The predicted molar refractivity (Wildman–Crippen MR) is 55.8 cm³/mol. The molecule has 0 aromatic heterocycles. The molecule has 1 aliphatic carbocycles. The average Bonchev–Trinajstić information content (AvgIpc) is 1.96. The van der Waals surface area contributed by atoms with Crippen LogP contribution in [0.25, 0.3) is 0 Å². The minimum atomic E-state index is -0.390. The van der Waals surface area contributed by atoms with Crippen LogP contribution in [0.15, 0.2) is 0 Å². The molecule has 0 saturated heterocycles. The van der Waals surface area contributed by atoms with Crippen LogP contribution in [0.5, 0.6) is 0 Å². The summed E-state index contributed by atoms with van der Waals surface area (Å²) in [5, 5.41) is 12.3. The second kappa shape index (κ2) is 5.35. The summed E-state index contributed by atoms with van der Waals surface area (Å²) in [6.45, 7) is 4.54. The van der Waals surface area contributed by atoms with Gasteiger partial charge in [-0.3, -0.25) is 4.79 Å². The van der Waals surface area contributed by atoms with Gasteiger partial charge in [0.05, 0.1) is 6.10 Å². The van der Waals surface area contributed by atoms with Gasteiger partial charge in [-0.2, -0.15) is 0 Å². The Bertz CT molecular complexity index is 188. The van der Waals surface area contributed by atoms with Crippen molar-refractivity contribution in [3.8, 4) is 0 Å². The van der Waals surface area contributed by atoms with Crippen LogP contribution in [0.3, 0.4) is 0 Å². The van der Waals surface area contributed by atoms with E-state index in [0.717, 1.165) is 19.3 Å². The zero-order chi connectivity index (χ0) is 10.6. The molecular formula is C11H21NO2. The molecule has 1 aliphatic rings. The minimum absolute atomic E-state index is 0.124. The summed E-state index contributed by atoms with van der Waals surface area (Å²) in [6, 6.07) is 0. The van der Waals surface area contributed by atoms with E-state index in [1.807, 2.05) is 0 Å². The van der Waals surface area contributed by atoms with E-state index in [1.54, 1.807) is 0 Å². The Balaban J connectivity index is 2.09. The molecular weight excluding hydrogens is 178 g/mol. The fourth-order valence-corrected chi connectivity index (χ4v) is 1.66. The Labute approximate surface area is 85.9 Å². The molecule has 0 aliphatic heterocycles. The lowest BCUT2D eigenvalue weighted by Gasteiger charge is -2.25. The maximum absolute atomic E-state index is 11.4. The van der Waals surface area contributed by atoms with Crippen LogP contribution in [0.1, 0.15) is 39.5 Å². The predicted octanol–water partition coefficient (Wildman–Crippen LogP) is 1.31. The van der Waals surface area contributed by atoms with E-state index in [-0.39, 0.29) is 17.9 Å². The molecule has 0 spiro atoms. The van der Waals surface area contributed by atoms with Gasteiger partial charge in [-0.05, 0) is 25.2 Å². The van der Waals surface area contributed by atoms with Crippen molar-refractivity contribution in [1.82, 2.24) is 5.32 Å². The molecule has 14 heavy (non-hydrogen) atoms. The first-order valence-corrected chi connectivity index (χ1v) is 5.55. The van der Waals surface area contributed by atoms with Crippen LogP contribution in [-0.4, -0.2) is 23.7 Å². The molecule has 0 radical (unpaired) electrons. The zero-order valence-corrected chi connectivity index (χ0v) is 9.12. The number of amides is 1. The van der Waals surface area contributed by atoms with Crippen LogP contribution in [0, 0.1) is 11.8 Å². The Kier molecular flexibility index (Phi) is 4.39. The van der Waals surface area contributed by atoms with Crippen molar-refractivity contribution in [2.24, 2.45) is 11.8 Å². The number of carbonyl (C=O) groups is 1. The number of hydrogen-bond donors (Lipinski definition) is 2. The molecule has 1 unspecified atom stereocenters. The standard InChI is InChI=1S/C11H21NO2/c1-8(2)6-10(13)7-12-11(14)9-4-3-5-9/h8-10,13H,3-7H2,1-2H3,(H,12,14). The first kappa shape index (κ1) is 11.5. The Morgan fingerprint density at radius 2 is 2.14 bits per heavy atom. The van der Waals surface area contributed by atoms with Crippen LogP contribution in [-0.2, 0) is 4.79 Å². The van der Waals surface area contributed by atoms with Crippen molar-refractivity contribution in [2.45, 2.75) is 45.6 Å². The molecule has 1 atom stereocenters. The summed E-state index contributed by atoms with van der Waals surface area (Å²) >= 11 is 0. The number of nitrogens with one attached hydrogen (secondary N) is 1. The van der Waals surface area contributed by atoms with Crippen LogP contribution in [0.2, 0.25) is 0 Å². The minimum Gasteiger partial charge on any atom is -0.391 e. The number of carbonyl (C=O) groups excluding carboxylic acids is 1. The van der Waals surface area contributed by atoms with Crippen LogP contribution < -0.4 is 5.32 Å². The molecule has 1 amide bonds. The van der Waals surface area contributed by atoms with Crippen molar-refractivity contribution in [1.29, 1.82) is 0 Å². The highest BCUT2D eigenvalue weighted by Gasteiger charge is 2.25.